The topological polar surface area (TPSA) is 29.1 Å². The number of nitrogens with one attached hydrogen (secondary N) is 1. The highest BCUT2D eigenvalue weighted by Gasteiger charge is 2.18. The molecule has 0 radical (unpaired) electrons. The summed E-state index contributed by atoms with van der Waals surface area (Å²) in [5.74, 6) is 0.791. The van der Waals surface area contributed by atoms with Gasteiger partial charge in [-0.1, -0.05) is 24.3 Å². The van der Waals surface area contributed by atoms with Crippen molar-refractivity contribution in [2.24, 2.45) is 0 Å². The lowest BCUT2D eigenvalue weighted by molar-refractivity contribution is 0.101. The third kappa shape index (κ3) is 1.63. The second kappa shape index (κ2) is 3.30. The molecule has 1 heterocycles. The first-order valence-electron chi connectivity index (χ1n) is 4.59. The van der Waals surface area contributed by atoms with Crippen molar-refractivity contribution in [3.8, 4) is 0 Å². The molecule has 0 amide bonds. The van der Waals surface area contributed by atoms with Crippen LogP contribution >= 0.6 is 0 Å². The van der Waals surface area contributed by atoms with Gasteiger partial charge >= 0.3 is 0 Å². The van der Waals surface area contributed by atoms with Gasteiger partial charge in [-0.3, -0.25) is 4.79 Å². The molecular formula is C11H13NO. The first-order valence-corrected chi connectivity index (χ1v) is 4.59. The second-order valence-corrected chi connectivity index (χ2v) is 3.53. The molecule has 68 valence electrons. The fourth-order valence-corrected chi connectivity index (χ4v) is 1.51. The van der Waals surface area contributed by atoms with Gasteiger partial charge in [0.15, 0.2) is 5.78 Å². The van der Waals surface area contributed by atoms with Gasteiger partial charge < -0.3 is 5.32 Å². The molecular weight excluding hydrogens is 162 g/mol. The number of hydrogen-bond acceptors (Lipinski definition) is 2. The van der Waals surface area contributed by atoms with Crippen LogP contribution in [-0.2, 0) is 0 Å². The number of Topliss-reactive ketones (excluding diaryl/α,β-unsaturated/α-hetero) is 1. The van der Waals surface area contributed by atoms with Crippen molar-refractivity contribution in [2.75, 3.05) is 13.1 Å². The highest BCUT2D eigenvalue weighted by molar-refractivity contribution is 5.94. The lowest BCUT2D eigenvalue weighted by atomic mass is 9.93. The first-order chi connectivity index (χ1) is 6.27. The molecule has 1 aliphatic rings. The molecule has 2 rings (SSSR count). The van der Waals surface area contributed by atoms with Crippen molar-refractivity contribution in [2.45, 2.75) is 12.8 Å². The summed E-state index contributed by atoms with van der Waals surface area (Å²) in [6.45, 7) is 3.73. The molecule has 0 bridgehead atoms. The average Bonchev–Trinajstić information content (AvgIpc) is 2.02. The second-order valence-electron chi connectivity index (χ2n) is 3.53. The van der Waals surface area contributed by atoms with E-state index in [4.69, 9.17) is 0 Å². The van der Waals surface area contributed by atoms with Crippen LogP contribution in [0.4, 0.5) is 0 Å². The number of hydrogen-bond donors (Lipinski definition) is 1. The van der Waals surface area contributed by atoms with Crippen molar-refractivity contribution in [3.05, 3.63) is 35.4 Å². The maximum atomic E-state index is 11.0. The van der Waals surface area contributed by atoms with Crippen LogP contribution in [0, 0.1) is 0 Å². The number of ketones is 1. The highest BCUT2D eigenvalue weighted by Crippen LogP contribution is 2.19. The van der Waals surface area contributed by atoms with E-state index in [2.05, 4.69) is 17.4 Å². The van der Waals surface area contributed by atoms with Gasteiger partial charge in [0.2, 0.25) is 0 Å². The van der Waals surface area contributed by atoms with Crippen LogP contribution in [0.5, 0.6) is 0 Å². The molecule has 1 aromatic rings. The van der Waals surface area contributed by atoms with Crippen molar-refractivity contribution in [1.29, 1.82) is 0 Å². The molecule has 13 heavy (non-hydrogen) atoms. The molecule has 0 spiro atoms. The predicted octanol–water partition coefficient (Wildman–Crippen LogP) is 1.58. The van der Waals surface area contributed by atoms with E-state index < -0.39 is 0 Å². The van der Waals surface area contributed by atoms with Gasteiger partial charge in [-0.05, 0) is 12.5 Å². The molecule has 0 aromatic heterocycles. The number of carbonyl (C=O) groups is 1. The Hall–Kier alpha value is -1.15. The summed E-state index contributed by atoms with van der Waals surface area (Å²) >= 11 is 0. The van der Waals surface area contributed by atoms with Crippen molar-refractivity contribution < 1.29 is 4.79 Å². The summed E-state index contributed by atoms with van der Waals surface area (Å²) in [6, 6.07) is 7.94. The molecule has 1 N–H and O–H groups in total. The molecule has 0 saturated carbocycles. The lowest BCUT2D eigenvalue weighted by Crippen LogP contribution is -2.39. The quantitative estimate of drug-likeness (QED) is 0.691. The van der Waals surface area contributed by atoms with Gasteiger partial charge in [0.1, 0.15) is 0 Å². The molecule has 1 saturated heterocycles. The first kappa shape index (κ1) is 8.45. The SMILES string of the molecule is CC(=O)c1ccc(C2CNC2)cc1. The van der Waals surface area contributed by atoms with Gasteiger partial charge in [-0.2, -0.15) is 0 Å². The Labute approximate surface area is 78.0 Å². The Kier molecular flexibility index (Phi) is 2.15. The summed E-state index contributed by atoms with van der Waals surface area (Å²) in [5.41, 5.74) is 2.14. The normalized spacial score (nSPS) is 16.7. The number of carbonyl (C=O) groups excluding carboxylic acids is 1. The fraction of sp³-hybridized carbons (Fsp3) is 0.364. The molecule has 1 fully saturated rings. The summed E-state index contributed by atoms with van der Waals surface area (Å²) in [5, 5.41) is 3.23. The maximum absolute atomic E-state index is 11.0. The largest absolute Gasteiger partial charge is 0.315 e. The average molecular weight is 175 g/mol. The Morgan fingerprint density at radius 1 is 1.31 bits per heavy atom. The van der Waals surface area contributed by atoms with Gasteiger partial charge in [0.25, 0.3) is 0 Å². The minimum Gasteiger partial charge on any atom is -0.315 e. The molecule has 1 aromatic carbocycles. The summed E-state index contributed by atoms with van der Waals surface area (Å²) in [6.07, 6.45) is 0. The van der Waals surface area contributed by atoms with Gasteiger partial charge in [0.05, 0.1) is 0 Å². The maximum Gasteiger partial charge on any atom is 0.159 e. The third-order valence-corrected chi connectivity index (χ3v) is 2.57. The van der Waals surface area contributed by atoms with E-state index >= 15 is 0 Å². The van der Waals surface area contributed by atoms with E-state index in [0.717, 1.165) is 18.7 Å². The lowest BCUT2D eigenvalue weighted by Gasteiger charge is -2.27. The van der Waals surface area contributed by atoms with E-state index in [1.807, 2.05) is 12.1 Å². The zero-order valence-electron chi connectivity index (χ0n) is 7.71. The smallest absolute Gasteiger partial charge is 0.159 e. The molecule has 0 atom stereocenters. The van der Waals surface area contributed by atoms with Crippen LogP contribution < -0.4 is 5.32 Å². The standard InChI is InChI=1S/C11H13NO/c1-8(13)9-2-4-10(5-3-9)11-6-12-7-11/h2-5,11-12H,6-7H2,1H3. The van der Waals surface area contributed by atoms with Crippen LogP contribution in [0.3, 0.4) is 0 Å². The fourth-order valence-electron chi connectivity index (χ4n) is 1.51. The zero-order valence-corrected chi connectivity index (χ0v) is 7.71. The summed E-state index contributed by atoms with van der Waals surface area (Å²) in [7, 11) is 0. The predicted molar refractivity (Wildman–Crippen MR) is 52.1 cm³/mol. The van der Waals surface area contributed by atoms with E-state index in [0.29, 0.717) is 5.92 Å². The van der Waals surface area contributed by atoms with Gasteiger partial charge in [-0.25, -0.2) is 0 Å². The van der Waals surface area contributed by atoms with Gasteiger partial charge in [0, 0.05) is 24.6 Å². The van der Waals surface area contributed by atoms with E-state index in [9.17, 15) is 4.79 Å². The Balaban J connectivity index is 2.17. The molecule has 2 heteroatoms. The molecule has 0 unspecified atom stereocenters. The van der Waals surface area contributed by atoms with E-state index in [-0.39, 0.29) is 5.78 Å². The van der Waals surface area contributed by atoms with Crippen LogP contribution in [0.25, 0.3) is 0 Å². The zero-order chi connectivity index (χ0) is 9.26. The minimum absolute atomic E-state index is 0.137. The Morgan fingerprint density at radius 2 is 1.92 bits per heavy atom. The third-order valence-electron chi connectivity index (χ3n) is 2.57. The Bertz CT molecular complexity index is 311. The van der Waals surface area contributed by atoms with Crippen LogP contribution in [0.15, 0.2) is 24.3 Å². The van der Waals surface area contributed by atoms with Gasteiger partial charge in [-0.15, -0.1) is 0 Å². The van der Waals surface area contributed by atoms with Crippen molar-refractivity contribution >= 4 is 5.78 Å². The molecule has 1 aliphatic heterocycles. The number of rotatable bonds is 2. The summed E-state index contributed by atoms with van der Waals surface area (Å²) in [4.78, 5) is 11.0. The molecule has 2 nitrogen and oxygen atoms in total. The minimum atomic E-state index is 0.137. The van der Waals surface area contributed by atoms with Crippen LogP contribution in [-0.4, -0.2) is 18.9 Å². The Morgan fingerprint density at radius 3 is 2.31 bits per heavy atom. The van der Waals surface area contributed by atoms with Crippen molar-refractivity contribution in [3.63, 3.8) is 0 Å². The monoisotopic (exact) mass is 175 g/mol. The summed E-state index contributed by atoms with van der Waals surface area (Å²) < 4.78 is 0. The van der Waals surface area contributed by atoms with Crippen molar-refractivity contribution in [1.82, 2.24) is 5.32 Å². The number of benzene rings is 1. The van der Waals surface area contributed by atoms with Crippen LogP contribution in [0.2, 0.25) is 0 Å². The molecule has 0 aliphatic carbocycles. The van der Waals surface area contributed by atoms with Crippen LogP contribution in [0.1, 0.15) is 28.8 Å². The highest BCUT2D eigenvalue weighted by atomic mass is 16.1. The van der Waals surface area contributed by atoms with E-state index in [1.165, 1.54) is 5.56 Å². The van der Waals surface area contributed by atoms with E-state index in [1.54, 1.807) is 6.92 Å².